The first-order valence-electron chi connectivity index (χ1n) is 10.3. The molecule has 28 heavy (non-hydrogen) atoms. The predicted octanol–water partition coefficient (Wildman–Crippen LogP) is 5.22. The normalized spacial score (nSPS) is 16.0. The Kier molecular flexibility index (Phi) is 3.39. The zero-order chi connectivity index (χ0) is 18.7. The molecule has 2 aromatic carbocycles. The van der Waals surface area contributed by atoms with E-state index in [-0.39, 0.29) is 0 Å². The van der Waals surface area contributed by atoms with E-state index in [4.69, 9.17) is 0 Å². The standard InChI is InChI=1S/C25H24N3/c1-18-12-14-26(15-13-18)21-9-10-24-20(16-21)6-8-22-17-27-23-5-3-2-4-19(23)7-11-25(27)28(22)24/h2-11,16-18H,12-15H2,1H3/q+1. The number of fused-ring (bicyclic) bond motifs is 7. The predicted molar refractivity (Wildman–Crippen MR) is 116 cm³/mol. The molecule has 0 saturated carbocycles. The number of aromatic nitrogens is 2. The van der Waals surface area contributed by atoms with Crippen LogP contribution in [0.1, 0.15) is 19.8 Å². The molecule has 3 heteroatoms. The maximum absolute atomic E-state index is 2.54. The molecule has 1 aliphatic heterocycles. The summed E-state index contributed by atoms with van der Waals surface area (Å²) in [6, 6.07) is 24.5. The lowest BCUT2D eigenvalue weighted by atomic mass is 9.98. The molecule has 3 aromatic heterocycles. The third-order valence-electron chi connectivity index (χ3n) is 6.44. The smallest absolute Gasteiger partial charge is 0.292 e. The van der Waals surface area contributed by atoms with E-state index in [0.717, 1.165) is 5.92 Å². The van der Waals surface area contributed by atoms with Crippen LogP contribution in [0.2, 0.25) is 0 Å². The van der Waals surface area contributed by atoms with Gasteiger partial charge in [-0.1, -0.05) is 25.1 Å². The van der Waals surface area contributed by atoms with E-state index >= 15 is 0 Å². The van der Waals surface area contributed by atoms with Gasteiger partial charge in [0.1, 0.15) is 17.2 Å². The number of hydrogen-bond acceptors (Lipinski definition) is 1. The number of benzene rings is 2. The summed E-state index contributed by atoms with van der Waals surface area (Å²) in [4.78, 5) is 2.54. The molecule has 3 nitrogen and oxygen atoms in total. The Morgan fingerprint density at radius 1 is 0.857 bits per heavy atom. The van der Waals surface area contributed by atoms with Gasteiger partial charge in [0.15, 0.2) is 5.52 Å². The topological polar surface area (TPSA) is 11.8 Å². The minimum Gasteiger partial charge on any atom is -0.371 e. The minimum atomic E-state index is 0.856. The molecule has 0 N–H and O–H groups in total. The molecule has 5 aromatic rings. The van der Waals surface area contributed by atoms with Crippen molar-refractivity contribution in [3.8, 4) is 0 Å². The number of rotatable bonds is 1. The van der Waals surface area contributed by atoms with Crippen LogP contribution in [0.4, 0.5) is 5.69 Å². The number of anilines is 1. The molecule has 0 bridgehead atoms. The highest BCUT2D eigenvalue weighted by molar-refractivity contribution is 5.88. The van der Waals surface area contributed by atoms with Crippen LogP contribution in [-0.4, -0.2) is 17.5 Å². The van der Waals surface area contributed by atoms with Gasteiger partial charge in [-0.3, -0.25) is 0 Å². The van der Waals surface area contributed by atoms with Crippen molar-refractivity contribution in [3.63, 3.8) is 0 Å². The maximum Gasteiger partial charge on any atom is 0.292 e. The van der Waals surface area contributed by atoms with Gasteiger partial charge in [-0.2, -0.15) is 8.80 Å². The molecule has 138 valence electrons. The van der Waals surface area contributed by atoms with E-state index in [2.05, 4.69) is 93.6 Å². The first-order valence-corrected chi connectivity index (χ1v) is 10.3. The fourth-order valence-corrected chi connectivity index (χ4v) is 4.75. The Balaban J connectivity index is 1.57. The largest absolute Gasteiger partial charge is 0.371 e. The second kappa shape index (κ2) is 5.96. The Hall–Kier alpha value is -3.07. The van der Waals surface area contributed by atoms with E-state index in [1.165, 1.54) is 64.6 Å². The Labute approximate surface area is 164 Å². The van der Waals surface area contributed by atoms with Crippen molar-refractivity contribution in [1.29, 1.82) is 0 Å². The SMILES string of the molecule is CC1CCN(c2ccc3c(ccc4c[n+]5c6ccccc6ccc5n43)c2)CC1. The molecule has 1 aliphatic rings. The van der Waals surface area contributed by atoms with Crippen LogP contribution in [0.15, 0.2) is 72.9 Å². The van der Waals surface area contributed by atoms with Crippen LogP contribution >= 0.6 is 0 Å². The first kappa shape index (κ1) is 15.9. The third kappa shape index (κ3) is 2.32. The van der Waals surface area contributed by atoms with Crippen LogP contribution in [0, 0.1) is 5.92 Å². The summed E-state index contributed by atoms with van der Waals surface area (Å²) in [6.45, 7) is 4.71. The molecule has 6 rings (SSSR count). The Bertz CT molecular complexity index is 1340. The molecule has 0 amide bonds. The van der Waals surface area contributed by atoms with Crippen molar-refractivity contribution in [2.24, 2.45) is 5.92 Å². The van der Waals surface area contributed by atoms with Gasteiger partial charge in [-0.15, -0.1) is 0 Å². The summed E-state index contributed by atoms with van der Waals surface area (Å²) >= 11 is 0. The van der Waals surface area contributed by atoms with E-state index < -0.39 is 0 Å². The first-order chi connectivity index (χ1) is 13.8. The maximum atomic E-state index is 2.54. The average Bonchev–Trinajstić information content (AvgIpc) is 3.13. The van der Waals surface area contributed by atoms with Gasteiger partial charge in [0, 0.05) is 35.6 Å². The lowest BCUT2D eigenvalue weighted by molar-refractivity contribution is -0.479. The zero-order valence-electron chi connectivity index (χ0n) is 16.2. The number of para-hydroxylation sites is 1. The van der Waals surface area contributed by atoms with Crippen LogP contribution in [0.25, 0.3) is 33.0 Å². The highest BCUT2D eigenvalue weighted by Crippen LogP contribution is 2.28. The molecular formula is C25H24N3+. The monoisotopic (exact) mass is 366 g/mol. The van der Waals surface area contributed by atoms with E-state index in [9.17, 15) is 0 Å². The van der Waals surface area contributed by atoms with Crippen LogP contribution in [-0.2, 0) is 0 Å². The third-order valence-corrected chi connectivity index (χ3v) is 6.44. The lowest BCUT2D eigenvalue weighted by Crippen LogP contribution is -2.32. The highest BCUT2D eigenvalue weighted by atomic mass is 15.1. The number of imidazole rings is 1. The van der Waals surface area contributed by atoms with Crippen molar-refractivity contribution < 1.29 is 4.40 Å². The summed E-state index contributed by atoms with van der Waals surface area (Å²) in [7, 11) is 0. The van der Waals surface area contributed by atoms with Crippen LogP contribution in [0.3, 0.4) is 0 Å². The second-order valence-electron chi connectivity index (χ2n) is 8.26. The molecule has 0 radical (unpaired) electrons. The van der Waals surface area contributed by atoms with Crippen LogP contribution < -0.4 is 9.30 Å². The summed E-state index contributed by atoms with van der Waals surface area (Å²) < 4.78 is 4.69. The van der Waals surface area contributed by atoms with Gasteiger partial charge in [0.05, 0.1) is 0 Å². The summed E-state index contributed by atoms with van der Waals surface area (Å²) in [5.41, 5.74) is 6.30. The van der Waals surface area contributed by atoms with E-state index in [1.807, 2.05) is 0 Å². The molecule has 1 saturated heterocycles. The van der Waals surface area contributed by atoms with E-state index in [1.54, 1.807) is 0 Å². The number of pyridine rings is 2. The molecule has 0 unspecified atom stereocenters. The summed E-state index contributed by atoms with van der Waals surface area (Å²) in [6.07, 6.45) is 4.84. The van der Waals surface area contributed by atoms with Crippen molar-refractivity contribution in [2.75, 3.05) is 18.0 Å². The fraction of sp³-hybridized carbons (Fsp3) is 0.240. The molecular weight excluding hydrogens is 342 g/mol. The van der Waals surface area contributed by atoms with Gasteiger partial charge >= 0.3 is 0 Å². The van der Waals surface area contributed by atoms with Gasteiger partial charge in [0.2, 0.25) is 0 Å². The van der Waals surface area contributed by atoms with E-state index in [0.29, 0.717) is 0 Å². The van der Waals surface area contributed by atoms with Gasteiger partial charge in [-0.05, 0) is 61.2 Å². The summed E-state index contributed by atoms with van der Waals surface area (Å²) in [5.74, 6) is 0.856. The van der Waals surface area contributed by atoms with Gasteiger partial charge < -0.3 is 4.90 Å². The molecule has 4 heterocycles. The van der Waals surface area contributed by atoms with Gasteiger partial charge in [0.25, 0.3) is 5.65 Å². The Morgan fingerprint density at radius 3 is 2.57 bits per heavy atom. The van der Waals surface area contributed by atoms with Crippen LogP contribution in [0.5, 0.6) is 0 Å². The molecule has 0 spiro atoms. The average molecular weight is 366 g/mol. The lowest BCUT2D eigenvalue weighted by Gasteiger charge is -2.32. The Morgan fingerprint density at radius 2 is 1.68 bits per heavy atom. The molecule has 0 atom stereocenters. The second-order valence-corrected chi connectivity index (χ2v) is 8.26. The van der Waals surface area contributed by atoms with Crippen molar-refractivity contribution in [3.05, 3.63) is 72.9 Å². The highest BCUT2D eigenvalue weighted by Gasteiger charge is 2.19. The quantitative estimate of drug-likeness (QED) is 0.370. The number of nitrogens with zero attached hydrogens (tertiary/aromatic N) is 3. The summed E-state index contributed by atoms with van der Waals surface area (Å²) in [5, 5.41) is 2.57. The van der Waals surface area contributed by atoms with Crippen molar-refractivity contribution in [2.45, 2.75) is 19.8 Å². The molecule has 1 fully saturated rings. The number of hydrogen-bond donors (Lipinski definition) is 0. The minimum absolute atomic E-state index is 0.856. The number of piperidine rings is 1. The van der Waals surface area contributed by atoms with Crippen molar-refractivity contribution >= 4 is 38.7 Å². The van der Waals surface area contributed by atoms with Gasteiger partial charge in [-0.25, -0.2) is 0 Å². The molecule has 0 aliphatic carbocycles. The van der Waals surface area contributed by atoms with Crippen molar-refractivity contribution in [1.82, 2.24) is 4.40 Å². The fourth-order valence-electron chi connectivity index (χ4n) is 4.75. The zero-order valence-corrected chi connectivity index (χ0v) is 16.2.